The van der Waals surface area contributed by atoms with Crippen molar-refractivity contribution in [3.05, 3.63) is 65.1 Å². The minimum absolute atomic E-state index is 0.218. The minimum Gasteiger partial charge on any atom is -0.497 e. The van der Waals surface area contributed by atoms with Crippen LogP contribution in [0.25, 0.3) is 23.1 Å². The van der Waals surface area contributed by atoms with Crippen LogP contribution in [0.2, 0.25) is 0 Å². The molecule has 4 rings (SSSR count). The quantitative estimate of drug-likeness (QED) is 0.495. The van der Waals surface area contributed by atoms with Crippen LogP contribution in [0, 0.1) is 0 Å². The van der Waals surface area contributed by atoms with E-state index in [4.69, 9.17) is 9.47 Å². The molecule has 0 radical (unpaired) electrons. The average Bonchev–Trinajstić information content (AvgIpc) is 3.34. The second kappa shape index (κ2) is 9.22. The van der Waals surface area contributed by atoms with E-state index in [0.717, 1.165) is 34.3 Å². The molecule has 2 amide bonds. The summed E-state index contributed by atoms with van der Waals surface area (Å²) in [5.41, 5.74) is 3.66. The zero-order valence-electron chi connectivity index (χ0n) is 19.0. The third-order valence-corrected chi connectivity index (χ3v) is 5.27. The highest BCUT2D eigenvalue weighted by Gasteiger charge is 2.28. The van der Waals surface area contributed by atoms with Crippen LogP contribution in [0.15, 0.2) is 48.4 Å². The van der Waals surface area contributed by atoms with Crippen molar-refractivity contribution in [2.24, 2.45) is 0 Å². The Balaban J connectivity index is 1.68. The summed E-state index contributed by atoms with van der Waals surface area (Å²) in [5, 5.41) is 6.06. The fourth-order valence-corrected chi connectivity index (χ4v) is 3.61. The van der Waals surface area contributed by atoms with Crippen LogP contribution >= 0.6 is 0 Å². The van der Waals surface area contributed by atoms with Crippen LogP contribution in [0.3, 0.4) is 0 Å². The van der Waals surface area contributed by atoms with Crippen molar-refractivity contribution >= 4 is 40.6 Å². The van der Waals surface area contributed by atoms with Gasteiger partial charge < -0.3 is 30.0 Å². The first-order chi connectivity index (χ1) is 15.9. The number of nitrogens with one attached hydrogen (secondary N) is 3. The highest BCUT2D eigenvalue weighted by Crippen LogP contribution is 2.35. The highest BCUT2D eigenvalue weighted by atomic mass is 16.5. The third kappa shape index (κ3) is 4.61. The first kappa shape index (κ1) is 22.2. The molecule has 0 fully saturated rings. The number of Topliss-reactive ketones (excluding diaryl/α,β-unsaturated/α-hetero) is 1. The summed E-state index contributed by atoms with van der Waals surface area (Å²) < 4.78 is 11.3. The Morgan fingerprint density at radius 1 is 1.21 bits per heavy atom. The van der Waals surface area contributed by atoms with E-state index < -0.39 is 0 Å². The van der Waals surface area contributed by atoms with Gasteiger partial charge in [0.25, 0.3) is 0 Å². The number of amides is 2. The fourth-order valence-electron chi connectivity index (χ4n) is 3.61. The highest BCUT2D eigenvalue weighted by molar-refractivity contribution is 6.16. The predicted octanol–water partition coefficient (Wildman–Crippen LogP) is 4.12. The van der Waals surface area contributed by atoms with Gasteiger partial charge in [0.15, 0.2) is 5.76 Å². The number of fused-ring (bicyclic) bond motifs is 2. The lowest BCUT2D eigenvalue weighted by molar-refractivity contribution is 0.101. The molecule has 33 heavy (non-hydrogen) atoms. The predicted molar refractivity (Wildman–Crippen MR) is 130 cm³/mol. The number of urea groups is 1. The van der Waals surface area contributed by atoms with Crippen molar-refractivity contribution < 1.29 is 19.1 Å². The second-order valence-electron chi connectivity index (χ2n) is 7.90. The number of likely N-dealkylation sites (N-methyl/N-ethyl adjacent to an activating group) is 1. The summed E-state index contributed by atoms with van der Waals surface area (Å²) in [6, 6.07) is 8.51. The minimum atomic E-state index is -0.361. The van der Waals surface area contributed by atoms with Crippen molar-refractivity contribution in [3.63, 3.8) is 0 Å². The lowest BCUT2D eigenvalue weighted by Crippen LogP contribution is -2.24. The Bertz CT molecular complexity index is 1290. The summed E-state index contributed by atoms with van der Waals surface area (Å²) in [6.45, 7) is 0.813. The average molecular weight is 447 g/mol. The lowest BCUT2D eigenvalue weighted by Gasteiger charge is -2.06. The molecule has 3 N–H and O–H groups in total. The molecule has 0 saturated heterocycles. The van der Waals surface area contributed by atoms with Crippen molar-refractivity contribution in [1.82, 2.24) is 15.2 Å². The lowest BCUT2D eigenvalue weighted by atomic mass is 10.1. The summed E-state index contributed by atoms with van der Waals surface area (Å²) in [6.07, 6.45) is 7.70. The number of allylic oxidation sites excluding steroid dienone is 1. The maximum atomic E-state index is 13.0. The Hall–Kier alpha value is -4.04. The van der Waals surface area contributed by atoms with E-state index >= 15 is 0 Å². The SMILES string of the molecule is CNC(=O)Nc1ccc2c(c1)C(=O)/C(=C/c1c[nH]c3c(/C=C/CN(C)C)cc(OC)cc13)O2. The third-order valence-electron chi connectivity index (χ3n) is 5.27. The number of rotatable bonds is 6. The van der Waals surface area contributed by atoms with Gasteiger partial charge in [-0.05, 0) is 50.5 Å². The number of nitrogens with zero attached hydrogens (tertiary/aromatic N) is 1. The number of methoxy groups -OCH3 is 1. The molecule has 0 aliphatic carbocycles. The van der Waals surface area contributed by atoms with Crippen LogP contribution in [-0.2, 0) is 0 Å². The molecular formula is C25H26N4O4. The van der Waals surface area contributed by atoms with E-state index in [1.165, 1.54) is 7.05 Å². The van der Waals surface area contributed by atoms with Gasteiger partial charge in [0, 0.05) is 42.0 Å². The fraction of sp³-hybridized carbons (Fsp3) is 0.200. The first-order valence-corrected chi connectivity index (χ1v) is 10.5. The number of aromatic amines is 1. The topological polar surface area (TPSA) is 95.7 Å². The number of H-pyrrole nitrogens is 1. The van der Waals surface area contributed by atoms with Crippen LogP contribution in [0.4, 0.5) is 10.5 Å². The van der Waals surface area contributed by atoms with E-state index in [0.29, 0.717) is 17.0 Å². The molecule has 1 aromatic heterocycles. The van der Waals surface area contributed by atoms with Gasteiger partial charge in [-0.25, -0.2) is 4.79 Å². The number of anilines is 1. The number of hydrogen-bond donors (Lipinski definition) is 3. The summed E-state index contributed by atoms with van der Waals surface area (Å²) >= 11 is 0. The Morgan fingerprint density at radius 3 is 2.76 bits per heavy atom. The normalized spacial score (nSPS) is 14.2. The van der Waals surface area contributed by atoms with Gasteiger partial charge in [-0.15, -0.1) is 0 Å². The molecule has 0 unspecified atom stereocenters. The standard InChI is InChI=1S/C25H26N4O4/c1-26-25(31)28-17-7-8-21-20(12-17)24(30)22(33-21)11-16-14-27-23-15(6-5-9-29(2)3)10-18(32-4)13-19(16)23/h5-8,10-14,27H,9H2,1-4H3,(H2,26,28,31)/b6-5+,22-11-. The van der Waals surface area contributed by atoms with E-state index in [1.807, 2.05) is 38.5 Å². The Morgan fingerprint density at radius 2 is 2.03 bits per heavy atom. The van der Waals surface area contributed by atoms with E-state index in [9.17, 15) is 9.59 Å². The Kier molecular flexibility index (Phi) is 6.19. The molecule has 8 nitrogen and oxygen atoms in total. The van der Waals surface area contributed by atoms with Crippen LogP contribution < -0.4 is 20.1 Å². The molecule has 1 aliphatic heterocycles. The second-order valence-corrected chi connectivity index (χ2v) is 7.90. The zero-order valence-corrected chi connectivity index (χ0v) is 19.0. The van der Waals surface area contributed by atoms with Gasteiger partial charge in [-0.1, -0.05) is 12.2 Å². The first-order valence-electron chi connectivity index (χ1n) is 10.5. The molecule has 0 bridgehead atoms. The molecule has 2 aromatic carbocycles. The van der Waals surface area contributed by atoms with Gasteiger partial charge in [-0.3, -0.25) is 4.79 Å². The van der Waals surface area contributed by atoms with Gasteiger partial charge in [0.05, 0.1) is 18.2 Å². The van der Waals surface area contributed by atoms with Crippen molar-refractivity contribution in [3.8, 4) is 11.5 Å². The molecule has 2 heterocycles. The molecule has 1 aliphatic rings. The number of aromatic nitrogens is 1. The summed E-state index contributed by atoms with van der Waals surface area (Å²) in [5.74, 6) is 1.15. The maximum Gasteiger partial charge on any atom is 0.318 e. The molecule has 170 valence electrons. The molecule has 8 heteroatoms. The molecule has 0 saturated carbocycles. The van der Waals surface area contributed by atoms with Crippen molar-refractivity contribution in [2.45, 2.75) is 0 Å². The van der Waals surface area contributed by atoms with Gasteiger partial charge in [-0.2, -0.15) is 0 Å². The van der Waals surface area contributed by atoms with Gasteiger partial charge >= 0.3 is 6.03 Å². The number of hydrogen-bond acceptors (Lipinski definition) is 5. The smallest absolute Gasteiger partial charge is 0.318 e. The largest absolute Gasteiger partial charge is 0.497 e. The molecule has 0 spiro atoms. The van der Waals surface area contributed by atoms with Crippen LogP contribution in [0.1, 0.15) is 21.5 Å². The van der Waals surface area contributed by atoms with Crippen LogP contribution in [-0.4, -0.2) is 56.5 Å². The summed E-state index contributed by atoms with van der Waals surface area (Å²) in [7, 11) is 7.18. The van der Waals surface area contributed by atoms with Crippen molar-refractivity contribution in [1.29, 1.82) is 0 Å². The molecular weight excluding hydrogens is 420 g/mol. The number of carbonyl (C=O) groups is 2. The van der Waals surface area contributed by atoms with E-state index in [-0.39, 0.29) is 17.6 Å². The number of benzene rings is 2. The number of carbonyl (C=O) groups excluding carboxylic acids is 2. The Labute approximate surface area is 191 Å². The monoisotopic (exact) mass is 446 g/mol. The summed E-state index contributed by atoms with van der Waals surface area (Å²) in [4.78, 5) is 29.9. The maximum absolute atomic E-state index is 13.0. The molecule has 3 aromatic rings. The van der Waals surface area contributed by atoms with Crippen molar-refractivity contribution in [2.75, 3.05) is 40.1 Å². The zero-order chi connectivity index (χ0) is 23.5. The number of ketones is 1. The number of ether oxygens (including phenoxy) is 2. The van der Waals surface area contributed by atoms with Gasteiger partial charge in [0.1, 0.15) is 11.5 Å². The molecule has 0 atom stereocenters. The van der Waals surface area contributed by atoms with Gasteiger partial charge in [0.2, 0.25) is 5.78 Å². The van der Waals surface area contributed by atoms with E-state index in [2.05, 4.69) is 26.6 Å². The van der Waals surface area contributed by atoms with Crippen LogP contribution in [0.5, 0.6) is 11.5 Å². The van der Waals surface area contributed by atoms with E-state index in [1.54, 1.807) is 31.4 Å².